The van der Waals surface area contributed by atoms with Crippen molar-refractivity contribution in [3.8, 4) is 5.75 Å². The summed E-state index contributed by atoms with van der Waals surface area (Å²) in [5.74, 6) is 0.925. The van der Waals surface area contributed by atoms with Crippen LogP contribution < -0.4 is 4.74 Å². The van der Waals surface area contributed by atoms with Crippen molar-refractivity contribution in [3.63, 3.8) is 0 Å². The van der Waals surface area contributed by atoms with Crippen molar-refractivity contribution < 1.29 is 4.74 Å². The van der Waals surface area contributed by atoms with Crippen molar-refractivity contribution in [3.05, 3.63) is 30.0 Å². The number of hydrogen-bond acceptors (Lipinski definition) is 2. The Morgan fingerprint density at radius 2 is 2.06 bits per heavy atom. The highest BCUT2D eigenvalue weighted by molar-refractivity contribution is 5.85. The number of hydrogen-bond donors (Lipinski definition) is 0. The van der Waals surface area contributed by atoms with Crippen molar-refractivity contribution in [1.29, 1.82) is 0 Å². The average molecular weight is 246 g/mol. The molecule has 0 fully saturated rings. The lowest BCUT2D eigenvalue weighted by Gasteiger charge is -2.08. The number of benzene rings is 1. The first-order valence-electron chi connectivity index (χ1n) is 6.46. The van der Waals surface area contributed by atoms with Crippen molar-refractivity contribution in [2.75, 3.05) is 27.7 Å². The highest BCUT2D eigenvalue weighted by Crippen LogP contribution is 2.26. The molecule has 0 atom stereocenters. The van der Waals surface area contributed by atoms with Gasteiger partial charge in [-0.1, -0.05) is 0 Å². The van der Waals surface area contributed by atoms with E-state index >= 15 is 0 Å². The highest BCUT2D eigenvalue weighted by atomic mass is 16.5. The molecular weight excluding hydrogens is 224 g/mol. The number of nitrogens with zero attached hydrogens (tertiary/aromatic N) is 2. The van der Waals surface area contributed by atoms with Crippen LogP contribution in [0.3, 0.4) is 0 Å². The predicted molar refractivity (Wildman–Crippen MR) is 76.4 cm³/mol. The number of aromatic nitrogens is 1. The Bertz CT molecular complexity index is 529. The zero-order valence-corrected chi connectivity index (χ0v) is 11.7. The van der Waals surface area contributed by atoms with Gasteiger partial charge in [-0.15, -0.1) is 0 Å². The predicted octanol–water partition coefficient (Wildman–Crippen LogP) is 2.77. The lowest BCUT2D eigenvalue weighted by molar-refractivity contribution is 0.414. The molecule has 0 N–H and O–H groups in total. The third-order valence-corrected chi connectivity index (χ3v) is 3.34. The fourth-order valence-corrected chi connectivity index (χ4v) is 2.28. The highest BCUT2D eigenvalue weighted by Gasteiger charge is 2.08. The first-order valence-corrected chi connectivity index (χ1v) is 6.46. The summed E-state index contributed by atoms with van der Waals surface area (Å²) in [7, 11) is 5.94. The van der Waals surface area contributed by atoms with Gasteiger partial charge in [0.2, 0.25) is 0 Å². The Kier molecular flexibility index (Phi) is 3.92. The van der Waals surface area contributed by atoms with Crippen molar-refractivity contribution in [2.45, 2.75) is 19.9 Å². The van der Waals surface area contributed by atoms with Gasteiger partial charge < -0.3 is 14.2 Å². The standard InChI is InChI=1S/C15H22N2O/c1-5-17-11-12(8-9-16(2)3)14-7-6-13(18-4)10-15(14)17/h6-7,10-11H,5,8-9H2,1-4H3. The number of fused-ring (bicyclic) bond motifs is 1. The molecule has 0 unspecified atom stereocenters. The summed E-state index contributed by atoms with van der Waals surface area (Å²) in [5, 5.41) is 1.35. The number of rotatable bonds is 5. The lowest BCUT2D eigenvalue weighted by Crippen LogP contribution is -2.14. The summed E-state index contributed by atoms with van der Waals surface area (Å²) in [6.07, 6.45) is 3.36. The molecule has 2 aromatic rings. The first kappa shape index (κ1) is 13.0. The van der Waals surface area contributed by atoms with E-state index in [0.717, 1.165) is 25.3 Å². The molecule has 18 heavy (non-hydrogen) atoms. The molecule has 0 bridgehead atoms. The van der Waals surface area contributed by atoms with Crippen LogP contribution in [0.1, 0.15) is 12.5 Å². The molecule has 1 aromatic carbocycles. The first-order chi connectivity index (χ1) is 8.65. The van der Waals surface area contributed by atoms with E-state index in [9.17, 15) is 0 Å². The summed E-state index contributed by atoms with van der Waals surface area (Å²) in [5.41, 5.74) is 2.69. The van der Waals surface area contributed by atoms with Crippen LogP contribution in [0.5, 0.6) is 5.75 Å². The van der Waals surface area contributed by atoms with Crippen LogP contribution in [-0.2, 0) is 13.0 Å². The van der Waals surface area contributed by atoms with Crippen LogP contribution in [0.15, 0.2) is 24.4 Å². The largest absolute Gasteiger partial charge is 0.497 e. The molecule has 0 radical (unpaired) electrons. The Hall–Kier alpha value is -1.48. The molecule has 0 aliphatic rings. The zero-order valence-electron chi connectivity index (χ0n) is 11.7. The Morgan fingerprint density at radius 3 is 2.67 bits per heavy atom. The molecule has 2 rings (SSSR count). The molecule has 3 heteroatoms. The number of methoxy groups -OCH3 is 1. The topological polar surface area (TPSA) is 17.4 Å². The van der Waals surface area contributed by atoms with Gasteiger partial charge in [0, 0.05) is 30.7 Å². The lowest BCUT2D eigenvalue weighted by atomic mass is 10.1. The van der Waals surface area contributed by atoms with E-state index in [-0.39, 0.29) is 0 Å². The molecular formula is C15H22N2O. The second-order valence-corrected chi connectivity index (χ2v) is 4.88. The molecule has 0 saturated carbocycles. The zero-order chi connectivity index (χ0) is 13.1. The quantitative estimate of drug-likeness (QED) is 0.807. The van der Waals surface area contributed by atoms with Gasteiger partial charge in [-0.05, 0) is 45.1 Å². The van der Waals surface area contributed by atoms with Gasteiger partial charge in [0.15, 0.2) is 0 Å². The monoisotopic (exact) mass is 246 g/mol. The van der Waals surface area contributed by atoms with Gasteiger partial charge in [0.25, 0.3) is 0 Å². The molecule has 1 aromatic heterocycles. The number of aryl methyl sites for hydroxylation is 1. The van der Waals surface area contributed by atoms with Gasteiger partial charge in [-0.2, -0.15) is 0 Å². The molecule has 0 amide bonds. The second kappa shape index (κ2) is 5.44. The summed E-state index contributed by atoms with van der Waals surface area (Å²) >= 11 is 0. The van der Waals surface area contributed by atoms with E-state index in [1.54, 1.807) is 7.11 Å². The summed E-state index contributed by atoms with van der Waals surface area (Å²) < 4.78 is 7.60. The van der Waals surface area contributed by atoms with Gasteiger partial charge in [-0.25, -0.2) is 0 Å². The van der Waals surface area contributed by atoms with E-state index in [4.69, 9.17) is 4.74 Å². The van der Waals surface area contributed by atoms with Crippen molar-refractivity contribution in [1.82, 2.24) is 9.47 Å². The van der Waals surface area contributed by atoms with E-state index in [1.807, 2.05) is 6.07 Å². The van der Waals surface area contributed by atoms with Crippen LogP contribution in [0.25, 0.3) is 10.9 Å². The third kappa shape index (κ3) is 2.51. The van der Waals surface area contributed by atoms with Crippen LogP contribution in [-0.4, -0.2) is 37.2 Å². The molecule has 3 nitrogen and oxygen atoms in total. The summed E-state index contributed by atoms with van der Waals surface area (Å²) in [6, 6.07) is 6.34. The van der Waals surface area contributed by atoms with Gasteiger partial charge in [0.05, 0.1) is 12.6 Å². The molecule has 0 spiro atoms. The second-order valence-electron chi connectivity index (χ2n) is 4.88. The van der Waals surface area contributed by atoms with E-state index in [0.29, 0.717) is 0 Å². The van der Waals surface area contributed by atoms with Crippen LogP contribution >= 0.6 is 0 Å². The molecule has 98 valence electrons. The molecule has 1 heterocycles. The SMILES string of the molecule is CCn1cc(CCN(C)C)c2ccc(OC)cc21. The number of ether oxygens (including phenoxy) is 1. The molecule has 0 aliphatic heterocycles. The van der Waals surface area contributed by atoms with E-state index < -0.39 is 0 Å². The van der Waals surface area contributed by atoms with Gasteiger partial charge >= 0.3 is 0 Å². The van der Waals surface area contributed by atoms with E-state index in [1.165, 1.54) is 16.5 Å². The molecule has 0 aliphatic carbocycles. The molecule has 0 saturated heterocycles. The van der Waals surface area contributed by atoms with Crippen LogP contribution in [0.2, 0.25) is 0 Å². The Balaban J connectivity index is 2.42. The maximum atomic E-state index is 5.31. The average Bonchev–Trinajstić information content (AvgIpc) is 2.73. The fraction of sp³-hybridized carbons (Fsp3) is 0.467. The minimum atomic E-state index is 0.925. The Labute approximate surface area is 109 Å². The van der Waals surface area contributed by atoms with Crippen LogP contribution in [0, 0.1) is 0 Å². The minimum Gasteiger partial charge on any atom is -0.497 e. The van der Waals surface area contributed by atoms with Crippen LogP contribution in [0.4, 0.5) is 0 Å². The van der Waals surface area contributed by atoms with E-state index in [2.05, 4.69) is 48.8 Å². The van der Waals surface area contributed by atoms with Crippen molar-refractivity contribution >= 4 is 10.9 Å². The summed E-state index contributed by atoms with van der Waals surface area (Å²) in [6.45, 7) is 4.25. The van der Waals surface area contributed by atoms with Gasteiger partial charge in [0.1, 0.15) is 5.75 Å². The smallest absolute Gasteiger partial charge is 0.120 e. The normalized spacial score (nSPS) is 11.4. The summed E-state index contributed by atoms with van der Waals surface area (Å²) in [4.78, 5) is 2.22. The minimum absolute atomic E-state index is 0.925. The third-order valence-electron chi connectivity index (χ3n) is 3.34. The maximum absolute atomic E-state index is 5.31. The van der Waals surface area contributed by atoms with Crippen molar-refractivity contribution in [2.24, 2.45) is 0 Å². The fourth-order valence-electron chi connectivity index (χ4n) is 2.28. The van der Waals surface area contributed by atoms with Gasteiger partial charge in [-0.3, -0.25) is 0 Å². The Morgan fingerprint density at radius 1 is 1.28 bits per heavy atom. The number of likely N-dealkylation sites (N-methyl/N-ethyl adjacent to an activating group) is 1. The maximum Gasteiger partial charge on any atom is 0.120 e.